The van der Waals surface area contributed by atoms with Gasteiger partial charge in [-0.25, -0.2) is 0 Å². The van der Waals surface area contributed by atoms with Crippen LogP contribution in [0.15, 0.2) is 18.2 Å². The van der Waals surface area contributed by atoms with Gasteiger partial charge in [-0.15, -0.1) is 0 Å². The van der Waals surface area contributed by atoms with E-state index in [4.69, 9.17) is 27.9 Å². The number of esters is 1. The predicted octanol–water partition coefficient (Wildman–Crippen LogP) is 3.70. The van der Waals surface area contributed by atoms with Gasteiger partial charge in [-0.3, -0.25) is 4.79 Å². The zero-order valence-corrected chi connectivity index (χ0v) is 13.5. The van der Waals surface area contributed by atoms with E-state index in [2.05, 4.69) is 11.9 Å². The van der Waals surface area contributed by atoms with Crippen molar-refractivity contribution >= 4 is 29.2 Å². The number of halogens is 2. The van der Waals surface area contributed by atoms with Gasteiger partial charge in [0.2, 0.25) is 0 Å². The zero-order chi connectivity index (χ0) is 15.0. The molecule has 0 N–H and O–H groups in total. The molecule has 3 rings (SSSR count). The first-order valence-electron chi connectivity index (χ1n) is 7.38. The lowest BCUT2D eigenvalue weighted by Crippen LogP contribution is -2.43. The molecule has 0 radical (unpaired) electrons. The molecule has 2 fully saturated rings. The average molecular weight is 328 g/mol. The molecular weight excluding hydrogens is 309 g/mol. The van der Waals surface area contributed by atoms with Crippen molar-refractivity contribution in [2.24, 2.45) is 0 Å². The van der Waals surface area contributed by atoms with Crippen LogP contribution in [0.1, 0.15) is 31.2 Å². The highest BCUT2D eigenvalue weighted by Gasteiger charge is 2.39. The average Bonchev–Trinajstić information content (AvgIpc) is 2.64. The normalized spacial score (nSPS) is 28.6. The summed E-state index contributed by atoms with van der Waals surface area (Å²) in [7, 11) is 2.17. The number of carbonyl (C=O) groups is 1. The van der Waals surface area contributed by atoms with Gasteiger partial charge in [0.25, 0.3) is 0 Å². The van der Waals surface area contributed by atoms with Gasteiger partial charge in [0, 0.05) is 22.1 Å². The Morgan fingerprint density at radius 1 is 1.29 bits per heavy atom. The van der Waals surface area contributed by atoms with E-state index in [9.17, 15) is 4.79 Å². The third-order valence-electron chi connectivity index (χ3n) is 4.70. The number of hydrogen-bond donors (Lipinski definition) is 0. The lowest BCUT2D eigenvalue weighted by molar-refractivity contribution is -0.151. The summed E-state index contributed by atoms with van der Waals surface area (Å²) >= 11 is 11.9. The van der Waals surface area contributed by atoms with Crippen molar-refractivity contribution in [1.29, 1.82) is 0 Å². The first-order chi connectivity index (χ1) is 10.0. The van der Waals surface area contributed by atoms with Crippen LogP contribution in [-0.2, 0) is 16.0 Å². The van der Waals surface area contributed by atoms with Crippen LogP contribution < -0.4 is 0 Å². The lowest BCUT2D eigenvalue weighted by atomic mass is 10.0. The minimum atomic E-state index is -0.201. The van der Waals surface area contributed by atoms with E-state index in [1.165, 1.54) is 12.8 Å². The van der Waals surface area contributed by atoms with Crippen molar-refractivity contribution in [2.75, 3.05) is 7.05 Å². The Morgan fingerprint density at radius 3 is 2.57 bits per heavy atom. The standard InChI is InChI=1S/C16H19Cl2NO2/c1-19-12-4-5-13(19)9-14(8-12)21-16(20)6-10-2-3-11(17)7-15(10)18/h2-3,7,12-14H,4-6,8-9H2,1H3. The molecule has 21 heavy (non-hydrogen) atoms. The van der Waals surface area contributed by atoms with E-state index in [1.807, 2.05) is 0 Å². The molecule has 2 aliphatic rings. The first-order valence-corrected chi connectivity index (χ1v) is 8.14. The van der Waals surface area contributed by atoms with Crippen molar-refractivity contribution in [3.05, 3.63) is 33.8 Å². The summed E-state index contributed by atoms with van der Waals surface area (Å²) in [5.41, 5.74) is 0.766. The maximum absolute atomic E-state index is 12.1. The monoisotopic (exact) mass is 327 g/mol. The van der Waals surface area contributed by atoms with Gasteiger partial charge >= 0.3 is 5.97 Å². The van der Waals surface area contributed by atoms with Crippen LogP contribution >= 0.6 is 23.2 Å². The Labute approximate surface area is 135 Å². The maximum Gasteiger partial charge on any atom is 0.310 e. The van der Waals surface area contributed by atoms with Crippen LogP contribution in [0.4, 0.5) is 0 Å². The summed E-state index contributed by atoms with van der Waals surface area (Å²) in [5.74, 6) is -0.201. The molecule has 114 valence electrons. The number of ether oxygens (including phenoxy) is 1. The predicted molar refractivity (Wildman–Crippen MR) is 83.9 cm³/mol. The van der Waals surface area contributed by atoms with E-state index in [1.54, 1.807) is 18.2 Å². The minimum absolute atomic E-state index is 0.0530. The molecule has 2 aliphatic heterocycles. The molecule has 1 aromatic carbocycles. The SMILES string of the molecule is CN1C2CCC1CC(OC(=O)Cc1ccc(Cl)cc1Cl)C2. The fourth-order valence-electron chi connectivity index (χ4n) is 3.51. The molecule has 3 nitrogen and oxygen atoms in total. The van der Waals surface area contributed by atoms with E-state index in [-0.39, 0.29) is 18.5 Å². The number of fused-ring (bicyclic) bond motifs is 2. The number of carbonyl (C=O) groups excluding carboxylic acids is 1. The molecule has 0 aromatic heterocycles. The number of benzene rings is 1. The van der Waals surface area contributed by atoms with Gasteiger partial charge in [-0.2, -0.15) is 0 Å². The first kappa shape index (κ1) is 15.1. The fourth-order valence-corrected chi connectivity index (χ4v) is 3.98. The van der Waals surface area contributed by atoms with Crippen molar-refractivity contribution < 1.29 is 9.53 Å². The van der Waals surface area contributed by atoms with Crippen molar-refractivity contribution in [1.82, 2.24) is 4.90 Å². The Morgan fingerprint density at radius 2 is 1.95 bits per heavy atom. The van der Waals surface area contributed by atoms with Gasteiger partial charge in [-0.05, 0) is 50.4 Å². The zero-order valence-electron chi connectivity index (χ0n) is 12.0. The van der Waals surface area contributed by atoms with Gasteiger partial charge < -0.3 is 9.64 Å². The molecular formula is C16H19Cl2NO2. The third-order valence-corrected chi connectivity index (χ3v) is 5.29. The molecule has 2 unspecified atom stereocenters. The van der Waals surface area contributed by atoms with Gasteiger partial charge in [0.1, 0.15) is 6.10 Å². The van der Waals surface area contributed by atoms with Crippen LogP contribution in [0.25, 0.3) is 0 Å². The van der Waals surface area contributed by atoms with Crippen LogP contribution in [0.5, 0.6) is 0 Å². The van der Waals surface area contributed by atoms with E-state index in [0.717, 1.165) is 18.4 Å². The highest BCUT2D eigenvalue weighted by atomic mass is 35.5. The second-order valence-electron chi connectivity index (χ2n) is 6.05. The van der Waals surface area contributed by atoms with Gasteiger partial charge in [-0.1, -0.05) is 29.3 Å². The Balaban J connectivity index is 1.57. The molecule has 0 spiro atoms. The largest absolute Gasteiger partial charge is 0.462 e. The summed E-state index contributed by atoms with van der Waals surface area (Å²) in [6.07, 6.45) is 4.60. The van der Waals surface area contributed by atoms with Crippen LogP contribution in [0.3, 0.4) is 0 Å². The highest BCUT2D eigenvalue weighted by Crippen LogP contribution is 2.35. The molecule has 1 aromatic rings. The fraction of sp³-hybridized carbons (Fsp3) is 0.562. The summed E-state index contributed by atoms with van der Waals surface area (Å²) in [6.45, 7) is 0. The smallest absolute Gasteiger partial charge is 0.310 e. The number of piperidine rings is 1. The summed E-state index contributed by atoms with van der Waals surface area (Å²) in [5, 5.41) is 1.09. The molecule has 0 amide bonds. The van der Waals surface area contributed by atoms with Crippen molar-refractivity contribution in [3.63, 3.8) is 0 Å². The molecule has 2 bridgehead atoms. The number of nitrogens with zero attached hydrogens (tertiary/aromatic N) is 1. The number of hydrogen-bond acceptors (Lipinski definition) is 3. The van der Waals surface area contributed by atoms with Crippen molar-refractivity contribution in [2.45, 2.75) is 50.3 Å². The Hall–Kier alpha value is -0.770. The van der Waals surface area contributed by atoms with Gasteiger partial charge in [0.15, 0.2) is 0 Å². The topological polar surface area (TPSA) is 29.5 Å². The molecule has 5 heteroatoms. The second kappa shape index (κ2) is 6.15. The maximum atomic E-state index is 12.1. The quantitative estimate of drug-likeness (QED) is 0.793. The third kappa shape index (κ3) is 3.36. The summed E-state index contributed by atoms with van der Waals surface area (Å²) in [6, 6.07) is 6.32. The molecule has 2 heterocycles. The summed E-state index contributed by atoms with van der Waals surface area (Å²) in [4.78, 5) is 14.5. The van der Waals surface area contributed by atoms with Crippen molar-refractivity contribution in [3.8, 4) is 0 Å². The highest BCUT2D eigenvalue weighted by molar-refractivity contribution is 6.35. The van der Waals surface area contributed by atoms with Crippen LogP contribution in [0, 0.1) is 0 Å². The van der Waals surface area contributed by atoms with Crippen LogP contribution in [-0.4, -0.2) is 36.1 Å². The van der Waals surface area contributed by atoms with E-state index < -0.39 is 0 Å². The Kier molecular flexibility index (Phi) is 4.43. The van der Waals surface area contributed by atoms with E-state index in [0.29, 0.717) is 22.1 Å². The van der Waals surface area contributed by atoms with Gasteiger partial charge in [0.05, 0.1) is 6.42 Å². The molecule has 2 saturated heterocycles. The summed E-state index contributed by atoms with van der Waals surface area (Å²) < 4.78 is 5.65. The van der Waals surface area contributed by atoms with E-state index >= 15 is 0 Å². The Bertz CT molecular complexity index is 535. The molecule has 2 atom stereocenters. The molecule has 0 aliphatic carbocycles. The number of rotatable bonds is 3. The lowest BCUT2D eigenvalue weighted by Gasteiger charge is -2.35. The minimum Gasteiger partial charge on any atom is -0.462 e. The second-order valence-corrected chi connectivity index (χ2v) is 6.89. The van der Waals surface area contributed by atoms with Crippen LogP contribution in [0.2, 0.25) is 10.0 Å². The molecule has 0 saturated carbocycles.